The molecule has 1 unspecified atom stereocenters. The highest BCUT2D eigenvalue weighted by Crippen LogP contribution is 2.31. The van der Waals surface area contributed by atoms with Crippen LogP contribution in [0.2, 0.25) is 0 Å². The number of amides is 2. The Morgan fingerprint density at radius 3 is 2.79 bits per heavy atom. The van der Waals surface area contributed by atoms with Gasteiger partial charge in [-0.05, 0) is 31.0 Å². The summed E-state index contributed by atoms with van der Waals surface area (Å²) in [5.74, 6) is -0.260. The molecule has 1 atom stereocenters. The van der Waals surface area contributed by atoms with Gasteiger partial charge in [0.1, 0.15) is 5.75 Å². The molecule has 0 aliphatic carbocycles. The van der Waals surface area contributed by atoms with Crippen molar-refractivity contribution in [1.29, 1.82) is 0 Å². The molecule has 1 N–H and O–H groups in total. The first-order valence-corrected chi connectivity index (χ1v) is 8.92. The van der Waals surface area contributed by atoms with Gasteiger partial charge in [-0.3, -0.25) is 9.59 Å². The number of rotatable bonds is 4. The number of carbonyl (C=O) groups excluding carboxylic acids is 2. The second-order valence-electron chi connectivity index (χ2n) is 6.71. The topological polar surface area (TPSA) is 61.9 Å². The highest BCUT2D eigenvalue weighted by atomic mass is 35.5. The lowest BCUT2D eigenvalue weighted by molar-refractivity contribution is -0.141. The van der Waals surface area contributed by atoms with Gasteiger partial charge in [-0.2, -0.15) is 13.2 Å². The van der Waals surface area contributed by atoms with Crippen LogP contribution in [0.3, 0.4) is 0 Å². The summed E-state index contributed by atoms with van der Waals surface area (Å²) in [6, 6.07) is 4.45. The summed E-state index contributed by atoms with van der Waals surface area (Å²) in [5, 5.41) is 3.02. The lowest BCUT2D eigenvalue weighted by atomic mass is 10.0. The molecule has 2 fully saturated rings. The number of alkyl halides is 3. The van der Waals surface area contributed by atoms with E-state index in [1.165, 1.54) is 12.1 Å². The summed E-state index contributed by atoms with van der Waals surface area (Å²) in [4.78, 5) is 27.9. The van der Waals surface area contributed by atoms with Crippen LogP contribution >= 0.6 is 12.4 Å². The van der Waals surface area contributed by atoms with Crippen LogP contribution < -0.4 is 10.1 Å². The molecule has 2 heterocycles. The van der Waals surface area contributed by atoms with Gasteiger partial charge in [0, 0.05) is 32.2 Å². The summed E-state index contributed by atoms with van der Waals surface area (Å²) < 4.78 is 43.5. The number of carbonyl (C=O) groups is 2. The fourth-order valence-corrected chi connectivity index (χ4v) is 3.44. The summed E-state index contributed by atoms with van der Waals surface area (Å²) in [6.45, 7) is 2.31. The van der Waals surface area contributed by atoms with E-state index in [-0.39, 0.29) is 42.6 Å². The van der Waals surface area contributed by atoms with E-state index in [0.29, 0.717) is 26.2 Å². The molecule has 10 heteroatoms. The second-order valence-corrected chi connectivity index (χ2v) is 6.71. The van der Waals surface area contributed by atoms with Gasteiger partial charge in [0.2, 0.25) is 5.91 Å². The van der Waals surface area contributed by atoms with Gasteiger partial charge in [0.25, 0.3) is 5.91 Å². The van der Waals surface area contributed by atoms with Gasteiger partial charge in [-0.25, -0.2) is 0 Å². The zero-order valence-corrected chi connectivity index (χ0v) is 16.0. The van der Waals surface area contributed by atoms with Gasteiger partial charge in [-0.15, -0.1) is 12.4 Å². The van der Waals surface area contributed by atoms with E-state index in [2.05, 4.69) is 5.32 Å². The van der Waals surface area contributed by atoms with Crippen molar-refractivity contribution in [2.45, 2.75) is 25.1 Å². The van der Waals surface area contributed by atoms with E-state index in [0.717, 1.165) is 31.5 Å². The number of halogens is 4. The van der Waals surface area contributed by atoms with Crippen molar-refractivity contribution >= 4 is 24.2 Å². The summed E-state index contributed by atoms with van der Waals surface area (Å²) >= 11 is 0. The highest BCUT2D eigenvalue weighted by Gasteiger charge is 2.32. The molecule has 0 saturated carbocycles. The predicted octanol–water partition coefficient (Wildman–Crippen LogP) is 1.93. The van der Waals surface area contributed by atoms with Crippen LogP contribution in [-0.4, -0.2) is 67.0 Å². The number of piperidine rings is 1. The molecule has 156 valence electrons. The number of piperazine rings is 1. The van der Waals surface area contributed by atoms with Crippen molar-refractivity contribution in [3.05, 3.63) is 29.8 Å². The molecule has 1 aromatic rings. The monoisotopic (exact) mass is 421 g/mol. The Hall–Kier alpha value is -2.00. The van der Waals surface area contributed by atoms with Gasteiger partial charge in [0.15, 0.2) is 6.61 Å². The van der Waals surface area contributed by atoms with Crippen LogP contribution in [-0.2, 0) is 15.8 Å². The highest BCUT2D eigenvalue weighted by molar-refractivity contribution is 5.85. The van der Waals surface area contributed by atoms with E-state index in [9.17, 15) is 22.8 Å². The maximum atomic E-state index is 12.7. The molecule has 28 heavy (non-hydrogen) atoms. The number of nitrogens with zero attached hydrogens (tertiary/aromatic N) is 2. The zero-order chi connectivity index (χ0) is 19.4. The SMILES string of the molecule is Cl.O=C(COc1cccc(C(F)(F)F)c1)N1CCCC(N2CCNCC2=O)C1. The van der Waals surface area contributed by atoms with E-state index < -0.39 is 11.7 Å². The van der Waals surface area contributed by atoms with Crippen molar-refractivity contribution in [2.75, 3.05) is 39.3 Å². The molecule has 0 aromatic heterocycles. The summed E-state index contributed by atoms with van der Waals surface area (Å²) in [5.41, 5.74) is -0.817. The lowest BCUT2D eigenvalue weighted by Gasteiger charge is -2.41. The van der Waals surface area contributed by atoms with E-state index >= 15 is 0 Å². The molecule has 2 aliphatic heterocycles. The molecular formula is C18H23ClF3N3O3. The van der Waals surface area contributed by atoms with Gasteiger partial charge in [-0.1, -0.05) is 6.07 Å². The third kappa shape index (κ3) is 5.51. The average molecular weight is 422 g/mol. The van der Waals surface area contributed by atoms with E-state index in [1.54, 1.807) is 4.90 Å². The van der Waals surface area contributed by atoms with E-state index in [1.807, 2.05) is 4.90 Å². The van der Waals surface area contributed by atoms with Gasteiger partial charge < -0.3 is 19.9 Å². The minimum atomic E-state index is -4.46. The van der Waals surface area contributed by atoms with Crippen LogP contribution in [0.25, 0.3) is 0 Å². The Morgan fingerprint density at radius 2 is 2.07 bits per heavy atom. The van der Waals surface area contributed by atoms with Crippen LogP contribution in [0.5, 0.6) is 5.75 Å². The number of likely N-dealkylation sites (tertiary alicyclic amines) is 1. The Balaban J connectivity index is 0.00000280. The molecule has 2 amide bonds. The fraction of sp³-hybridized carbons (Fsp3) is 0.556. The smallest absolute Gasteiger partial charge is 0.416 e. The molecular weight excluding hydrogens is 399 g/mol. The number of hydrogen-bond donors (Lipinski definition) is 1. The molecule has 6 nitrogen and oxygen atoms in total. The first kappa shape index (κ1) is 22.3. The molecule has 1 aromatic carbocycles. The predicted molar refractivity (Wildman–Crippen MR) is 98.4 cm³/mol. The largest absolute Gasteiger partial charge is 0.484 e. The normalized spacial score (nSPS) is 20.5. The number of nitrogens with one attached hydrogen (secondary N) is 1. The number of ether oxygens (including phenoxy) is 1. The molecule has 3 rings (SSSR count). The van der Waals surface area contributed by atoms with Crippen LogP contribution in [0.4, 0.5) is 13.2 Å². The van der Waals surface area contributed by atoms with Crippen molar-refractivity contribution in [2.24, 2.45) is 0 Å². The molecule has 0 spiro atoms. The number of hydrogen-bond acceptors (Lipinski definition) is 4. The fourth-order valence-electron chi connectivity index (χ4n) is 3.44. The standard InChI is InChI=1S/C18H22F3N3O3.ClH/c19-18(20,21)13-3-1-5-15(9-13)27-12-17(26)23-7-2-4-14(11-23)24-8-6-22-10-16(24)25;/h1,3,5,9,14,22H,2,4,6-8,10-12H2;1H. The third-order valence-corrected chi connectivity index (χ3v) is 4.84. The van der Waals surface area contributed by atoms with Crippen molar-refractivity contribution in [3.8, 4) is 5.75 Å². The molecule has 0 radical (unpaired) electrons. The van der Waals surface area contributed by atoms with Crippen molar-refractivity contribution in [3.63, 3.8) is 0 Å². The quantitative estimate of drug-likeness (QED) is 0.807. The maximum absolute atomic E-state index is 12.7. The van der Waals surface area contributed by atoms with Crippen LogP contribution in [0.15, 0.2) is 24.3 Å². The third-order valence-electron chi connectivity index (χ3n) is 4.84. The molecule has 0 bridgehead atoms. The Labute approximate surface area is 167 Å². The molecule has 2 saturated heterocycles. The van der Waals surface area contributed by atoms with Crippen molar-refractivity contribution in [1.82, 2.24) is 15.1 Å². The van der Waals surface area contributed by atoms with Crippen molar-refractivity contribution < 1.29 is 27.5 Å². The number of benzene rings is 1. The lowest BCUT2D eigenvalue weighted by Crippen LogP contribution is -2.57. The van der Waals surface area contributed by atoms with Gasteiger partial charge >= 0.3 is 6.18 Å². The summed E-state index contributed by atoms with van der Waals surface area (Å²) in [6.07, 6.45) is -2.85. The first-order valence-electron chi connectivity index (χ1n) is 8.92. The Morgan fingerprint density at radius 1 is 1.29 bits per heavy atom. The van der Waals surface area contributed by atoms with E-state index in [4.69, 9.17) is 4.74 Å². The summed E-state index contributed by atoms with van der Waals surface area (Å²) in [7, 11) is 0. The maximum Gasteiger partial charge on any atom is 0.416 e. The van der Waals surface area contributed by atoms with Crippen LogP contribution in [0, 0.1) is 0 Å². The Kier molecular flexibility index (Phi) is 7.54. The van der Waals surface area contributed by atoms with Crippen LogP contribution in [0.1, 0.15) is 18.4 Å². The second kappa shape index (κ2) is 9.47. The minimum Gasteiger partial charge on any atom is -0.484 e. The first-order chi connectivity index (χ1) is 12.8. The Bertz CT molecular complexity index is 702. The minimum absolute atomic E-state index is 0. The zero-order valence-electron chi connectivity index (χ0n) is 15.2. The average Bonchev–Trinajstić information content (AvgIpc) is 2.66. The molecule has 2 aliphatic rings. The van der Waals surface area contributed by atoms with Gasteiger partial charge in [0.05, 0.1) is 12.1 Å².